The van der Waals surface area contributed by atoms with E-state index in [1.807, 2.05) is 26.8 Å². The fraction of sp³-hybridized carbons (Fsp3) is 0.417. The highest BCUT2D eigenvalue weighted by molar-refractivity contribution is 5.76. The van der Waals surface area contributed by atoms with E-state index in [0.29, 0.717) is 11.3 Å². The van der Waals surface area contributed by atoms with Gasteiger partial charge in [-0.05, 0) is 32.4 Å². The molecular formula is C12H17NO3. The Hall–Kier alpha value is -1.55. The molecule has 0 aliphatic rings. The Balaban J connectivity index is 3.11. The summed E-state index contributed by atoms with van der Waals surface area (Å²) >= 11 is 0. The van der Waals surface area contributed by atoms with Gasteiger partial charge >= 0.3 is 5.97 Å². The Morgan fingerprint density at radius 2 is 2.06 bits per heavy atom. The van der Waals surface area contributed by atoms with Crippen LogP contribution in [0.15, 0.2) is 18.2 Å². The Morgan fingerprint density at radius 1 is 1.44 bits per heavy atom. The van der Waals surface area contributed by atoms with Gasteiger partial charge in [-0.1, -0.05) is 12.1 Å². The van der Waals surface area contributed by atoms with Crippen molar-refractivity contribution in [3.05, 3.63) is 29.3 Å². The SMILES string of the molecule is Cc1ccc(C(N)C(=O)O)c(OC(C)C)c1. The first-order valence-corrected chi connectivity index (χ1v) is 5.17. The van der Waals surface area contributed by atoms with Crippen molar-refractivity contribution in [2.45, 2.75) is 32.9 Å². The number of ether oxygens (including phenoxy) is 1. The number of benzene rings is 1. The third kappa shape index (κ3) is 2.97. The molecular weight excluding hydrogens is 206 g/mol. The lowest BCUT2D eigenvalue weighted by molar-refractivity contribution is -0.138. The number of nitrogens with two attached hydrogens (primary N) is 1. The molecule has 88 valence electrons. The van der Waals surface area contributed by atoms with Gasteiger partial charge in [0.25, 0.3) is 0 Å². The lowest BCUT2D eigenvalue weighted by Gasteiger charge is -2.17. The molecule has 0 amide bonds. The first kappa shape index (κ1) is 12.5. The topological polar surface area (TPSA) is 72.6 Å². The molecule has 0 fully saturated rings. The number of carbonyl (C=O) groups is 1. The fourth-order valence-electron chi connectivity index (χ4n) is 1.39. The molecule has 0 bridgehead atoms. The lowest BCUT2D eigenvalue weighted by atomic mass is 10.0. The predicted octanol–water partition coefficient (Wildman–Crippen LogP) is 1.87. The quantitative estimate of drug-likeness (QED) is 0.817. The molecule has 3 N–H and O–H groups in total. The fourth-order valence-corrected chi connectivity index (χ4v) is 1.39. The Bertz CT molecular complexity index is 388. The summed E-state index contributed by atoms with van der Waals surface area (Å²) in [5, 5.41) is 8.88. The van der Waals surface area contributed by atoms with Crippen LogP contribution in [0, 0.1) is 6.92 Å². The Morgan fingerprint density at radius 3 is 2.56 bits per heavy atom. The summed E-state index contributed by atoms with van der Waals surface area (Å²) in [6, 6.07) is 4.28. The van der Waals surface area contributed by atoms with Crippen molar-refractivity contribution in [2.24, 2.45) is 5.73 Å². The van der Waals surface area contributed by atoms with Gasteiger partial charge in [-0.25, -0.2) is 0 Å². The van der Waals surface area contributed by atoms with Gasteiger partial charge in [-0.15, -0.1) is 0 Å². The standard InChI is InChI=1S/C12H17NO3/c1-7(2)16-10-6-8(3)4-5-9(10)11(13)12(14)15/h4-7,11H,13H2,1-3H3,(H,14,15). The van der Waals surface area contributed by atoms with Gasteiger partial charge < -0.3 is 15.6 Å². The first-order valence-electron chi connectivity index (χ1n) is 5.17. The second-order valence-electron chi connectivity index (χ2n) is 4.02. The second kappa shape index (κ2) is 4.99. The van der Waals surface area contributed by atoms with E-state index in [4.69, 9.17) is 15.6 Å². The van der Waals surface area contributed by atoms with Crippen LogP contribution < -0.4 is 10.5 Å². The van der Waals surface area contributed by atoms with E-state index in [1.165, 1.54) is 0 Å². The number of rotatable bonds is 4. The minimum atomic E-state index is -1.06. The lowest BCUT2D eigenvalue weighted by Crippen LogP contribution is -2.22. The first-order chi connectivity index (χ1) is 7.41. The number of aryl methyl sites for hydroxylation is 1. The average Bonchev–Trinajstić information content (AvgIpc) is 2.15. The van der Waals surface area contributed by atoms with Crippen molar-refractivity contribution in [3.63, 3.8) is 0 Å². The molecule has 0 aromatic heterocycles. The zero-order valence-corrected chi connectivity index (χ0v) is 9.73. The largest absolute Gasteiger partial charge is 0.491 e. The third-order valence-electron chi connectivity index (χ3n) is 2.13. The summed E-state index contributed by atoms with van der Waals surface area (Å²) in [6.07, 6.45) is -0.0125. The third-order valence-corrected chi connectivity index (χ3v) is 2.13. The minimum absolute atomic E-state index is 0.0125. The molecule has 4 heteroatoms. The van der Waals surface area contributed by atoms with Gasteiger partial charge in [0, 0.05) is 5.56 Å². The normalized spacial score (nSPS) is 12.6. The maximum atomic E-state index is 10.8. The van der Waals surface area contributed by atoms with Gasteiger partial charge in [0.1, 0.15) is 11.8 Å². The molecule has 0 radical (unpaired) electrons. The monoisotopic (exact) mass is 223 g/mol. The summed E-state index contributed by atoms with van der Waals surface area (Å²) in [6.45, 7) is 5.69. The molecule has 1 aromatic carbocycles. The molecule has 0 saturated carbocycles. The summed E-state index contributed by atoms with van der Waals surface area (Å²) in [5.74, 6) is -0.512. The van der Waals surface area contributed by atoms with E-state index in [2.05, 4.69) is 0 Å². The van der Waals surface area contributed by atoms with E-state index in [0.717, 1.165) is 5.56 Å². The van der Waals surface area contributed by atoms with Gasteiger partial charge in [0.05, 0.1) is 6.10 Å². The summed E-state index contributed by atoms with van der Waals surface area (Å²) in [4.78, 5) is 10.8. The molecule has 0 spiro atoms. The van der Waals surface area contributed by atoms with Crippen molar-refractivity contribution in [1.82, 2.24) is 0 Å². The number of hydrogen-bond donors (Lipinski definition) is 2. The molecule has 0 aliphatic carbocycles. The van der Waals surface area contributed by atoms with Crippen LogP contribution in [0.5, 0.6) is 5.75 Å². The van der Waals surface area contributed by atoms with E-state index in [9.17, 15) is 4.79 Å². The van der Waals surface area contributed by atoms with Gasteiger partial charge in [0.15, 0.2) is 0 Å². The molecule has 1 atom stereocenters. The Kier molecular flexibility index (Phi) is 3.90. The van der Waals surface area contributed by atoms with Gasteiger partial charge in [-0.3, -0.25) is 4.79 Å². The van der Waals surface area contributed by atoms with Crippen molar-refractivity contribution in [3.8, 4) is 5.75 Å². The zero-order valence-electron chi connectivity index (χ0n) is 9.73. The molecule has 16 heavy (non-hydrogen) atoms. The molecule has 1 unspecified atom stereocenters. The molecule has 1 aromatic rings. The van der Waals surface area contributed by atoms with E-state index in [-0.39, 0.29) is 6.10 Å². The minimum Gasteiger partial charge on any atom is -0.491 e. The van der Waals surface area contributed by atoms with E-state index >= 15 is 0 Å². The molecule has 0 heterocycles. The van der Waals surface area contributed by atoms with Crippen molar-refractivity contribution >= 4 is 5.97 Å². The number of aliphatic carboxylic acids is 1. The highest BCUT2D eigenvalue weighted by atomic mass is 16.5. The van der Waals surface area contributed by atoms with Crippen LogP contribution in [0.1, 0.15) is 31.0 Å². The van der Waals surface area contributed by atoms with Crippen LogP contribution in [0.2, 0.25) is 0 Å². The van der Waals surface area contributed by atoms with E-state index < -0.39 is 12.0 Å². The maximum absolute atomic E-state index is 10.8. The molecule has 1 rings (SSSR count). The zero-order chi connectivity index (χ0) is 12.3. The van der Waals surface area contributed by atoms with Crippen LogP contribution in [0.4, 0.5) is 0 Å². The van der Waals surface area contributed by atoms with Crippen LogP contribution in [-0.2, 0) is 4.79 Å². The van der Waals surface area contributed by atoms with E-state index in [1.54, 1.807) is 12.1 Å². The van der Waals surface area contributed by atoms with Crippen LogP contribution in [0.3, 0.4) is 0 Å². The van der Waals surface area contributed by atoms with Crippen LogP contribution >= 0.6 is 0 Å². The van der Waals surface area contributed by atoms with Crippen molar-refractivity contribution in [2.75, 3.05) is 0 Å². The molecule has 0 aliphatic heterocycles. The van der Waals surface area contributed by atoms with Crippen molar-refractivity contribution in [1.29, 1.82) is 0 Å². The molecule has 0 saturated heterocycles. The predicted molar refractivity (Wildman–Crippen MR) is 61.5 cm³/mol. The summed E-state index contributed by atoms with van der Waals surface area (Å²) < 4.78 is 5.55. The van der Waals surface area contributed by atoms with Gasteiger partial charge in [-0.2, -0.15) is 0 Å². The summed E-state index contributed by atoms with van der Waals surface area (Å²) in [7, 11) is 0. The second-order valence-corrected chi connectivity index (χ2v) is 4.02. The number of hydrogen-bond acceptors (Lipinski definition) is 3. The van der Waals surface area contributed by atoms with Crippen molar-refractivity contribution < 1.29 is 14.6 Å². The smallest absolute Gasteiger partial charge is 0.325 e. The van der Waals surface area contributed by atoms with Gasteiger partial charge in [0.2, 0.25) is 0 Å². The van der Waals surface area contributed by atoms with Crippen LogP contribution in [0.25, 0.3) is 0 Å². The van der Waals surface area contributed by atoms with Crippen LogP contribution in [-0.4, -0.2) is 17.2 Å². The highest BCUT2D eigenvalue weighted by Crippen LogP contribution is 2.26. The average molecular weight is 223 g/mol. The number of carboxylic acid groups (broad SMARTS) is 1. The Labute approximate surface area is 95.0 Å². The maximum Gasteiger partial charge on any atom is 0.325 e. The summed E-state index contributed by atoms with van der Waals surface area (Å²) in [5.41, 5.74) is 7.10. The molecule has 4 nitrogen and oxygen atoms in total. The number of carboxylic acids is 1. The highest BCUT2D eigenvalue weighted by Gasteiger charge is 2.19.